The number of nitrogens with two attached hydrogens (primary N) is 1. The highest BCUT2D eigenvalue weighted by Gasteiger charge is 2.01. The summed E-state index contributed by atoms with van der Waals surface area (Å²) in [5, 5.41) is 8.06. The standard InChI is InChI=1S/C18H24N4OS.HI/c1-2-4-17(23)22-15-8-6-14(7-9-15)13-21-18(19)20-11-10-16-5-3-12-24-16;/h3,5-9,12H,2,4,10-11,13H2,1H3,(H,22,23)(H3,19,20,21);1H. The molecule has 1 aromatic carbocycles. The van der Waals surface area contributed by atoms with E-state index in [1.165, 1.54) is 4.88 Å². The smallest absolute Gasteiger partial charge is 0.224 e. The van der Waals surface area contributed by atoms with E-state index in [9.17, 15) is 4.79 Å². The number of rotatable bonds is 8. The van der Waals surface area contributed by atoms with E-state index in [0.717, 1.165) is 30.6 Å². The van der Waals surface area contributed by atoms with Crippen molar-refractivity contribution in [2.24, 2.45) is 10.7 Å². The van der Waals surface area contributed by atoms with Crippen LogP contribution in [0.5, 0.6) is 0 Å². The molecule has 7 heteroatoms. The Hall–Kier alpha value is -1.61. The van der Waals surface area contributed by atoms with Gasteiger partial charge in [0, 0.05) is 23.5 Å². The third-order valence-corrected chi connectivity index (χ3v) is 4.34. The number of guanidine groups is 1. The molecule has 2 aromatic rings. The van der Waals surface area contributed by atoms with Crippen molar-refractivity contribution in [1.29, 1.82) is 0 Å². The lowest BCUT2D eigenvalue weighted by Gasteiger charge is -2.06. The number of benzene rings is 1. The average molecular weight is 472 g/mol. The summed E-state index contributed by atoms with van der Waals surface area (Å²) in [5.41, 5.74) is 7.73. The molecule has 0 saturated heterocycles. The van der Waals surface area contributed by atoms with Crippen molar-refractivity contribution < 1.29 is 4.79 Å². The van der Waals surface area contributed by atoms with E-state index in [4.69, 9.17) is 5.73 Å². The number of carbonyl (C=O) groups is 1. The van der Waals surface area contributed by atoms with Crippen LogP contribution in [-0.4, -0.2) is 18.4 Å². The minimum absolute atomic E-state index is 0. The third kappa shape index (κ3) is 8.35. The van der Waals surface area contributed by atoms with Crippen molar-refractivity contribution >= 4 is 52.9 Å². The fraction of sp³-hybridized carbons (Fsp3) is 0.333. The molecule has 4 N–H and O–H groups in total. The largest absolute Gasteiger partial charge is 0.370 e. The van der Waals surface area contributed by atoms with Gasteiger partial charge in [-0.25, -0.2) is 4.99 Å². The predicted octanol–water partition coefficient (Wildman–Crippen LogP) is 3.75. The molecule has 0 saturated carbocycles. The quantitative estimate of drug-likeness (QED) is 0.311. The lowest BCUT2D eigenvalue weighted by Crippen LogP contribution is -2.33. The molecule has 25 heavy (non-hydrogen) atoms. The molecule has 2 rings (SSSR count). The lowest BCUT2D eigenvalue weighted by molar-refractivity contribution is -0.116. The maximum absolute atomic E-state index is 11.5. The Morgan fingerprint density at radius 1 is 1.24 bits per heavy atom. The van der Waals surface area contributed by atoms with E-state index in [0.29, 0.717) is 18.9 Å². The summed E-state index contributed by atoms with van der Waals surface area (Å²) in [7, 11) is 0. The van der Waals surface area contributed by atoms with Gasteiger partial charge in [-0.3, -0.25) is 4.79 Å². The maximum atomic E-state index is 11.5. The summed E-state index contributed by atoms with van der Waals surface area (Å²) < 4.78 is 0. The molecular formula is C18H25IN4OS. The molecule has 0 radical (unpaired) electrons. The van der Waals surface area contributed by atoms with Crippen molar-refractivity contribution in [2.45, 2.75) is 32.7 Å². The summed E-state index contributed by atoms with van der Waals surface area (Å²) >= 11 is 1.74. The van der Waals surface area contributed by atoms with Crippen molar-refractivity contribution in [3.05, 3.63) is 52.2 Å². The normalized spacial score (nSPS) is 10.8. The van der Waals surface area contributed by atoms with Gasteiger partial charge >= 0.3 is 0 Å². The number of anilines is 1. The van der Waals surface area contributed by atoms with Gasteiger partial charge in [0.15, 0.2) is 5.96 Å². The highest BCUT2D eigenvalue weighted by molar-refractivity contribution is 14.0. The van der Waals surface area contributed by atoms with Crippen molar-refractivity contribution in [2.75, 3.05) is 11.9 Å². The first-order chi connectivity index (χ1) is 11.7. The SMILES string of the molecule is CCCC(=O)Nc1ccc(CN=C(N)NCCc2cccs2)cc1.I. The highest BCUT2D eigenvalue weighted by atomic mass is 127. The second kappa shape index (κ2) is 11.9. The van der Waals surface area contributed by atoms with Crippen LogP contribution in [0.15, 0.2) is 46.8 Å². The second-order valence-electron chi connectivity index (χ2n) is 5.45. The number of hydrogen-bond acceptors (Lipinski definition) is 3. The topological polar surface area (TPSA) is 79.5 Å². The fourth-order valence-electron chi connectivity index (χ4n) is 2.15. The zero-order chi connectivity index (χ0) is 17.2. The predicted molar refractivity (Wildman–Crippen MR) is 117 cm³/mol. The van der Waals surface area contributed by atoms with Crippen LogP contribution in [0, 0.1) is 0 Å². The molecule has 1 aromatic heterocycles. The highest BCUT2D eigenvalue weighted by Crippen LogP contribution is 2.11. The summed E-state index contributed by atoms with van der Waals surface area (Å²) in [4.78, 5) is 17.2. The summed E-state index contributed by atoms with van der Waals surface area (Å²) in [6, 6.07) is 11.8. The zero-order valence-electron chi connectivity index (χ0n) is 14.3. The first-order valence-corrected chi connectivity index (χ1v) is 9.00. The van der Waals surface area contributed by atoms with Crippen LogP contribution in [-0.2, 0) is 17.8 Å². The lowest BCUT2D eigenvalue weighted by atomic mass is 10.2. The van der Waals surface area contributed by atoms with Crippen LogP contribution in [0.4, 0.5) is 5.69 Å². The molecule has 1 heterocycles. The Morgan fingerprint density at radius 3 is 2.64 bits per heavy atom. The number of amides is 1. The van der Waals surface area contributed by atoms with Crippen LogP contribution in [0.2, 0.25) is 0 Å². The zero-order valence-corrected chi connectivity index (χ0v) is 17.5. The fourth-order valence-corrected chi connectivity index (χ4v) is 2.85. The molecular weight excluding hydrogens is 447 g/mol. The molecule has 0 aliphatic rings. The van der Waals surface area contributed by atoms with Crippen LogP contribution < -0.4 is 16.4 Å². The molecule has 0 aliphatic carbocycles. The van der Waals surface area contributed by atoms with E-state index >= 15 is 0 Å². The maximum Gasteiger partial charge on any atom is 0.224 e. The Kier molecular flexibility index (Phi) is 10.2. The van der Waals surface area contributed by atoms with Crippen molar-refractivity contribution in [3.63, 3.8) is 0 Å². The average Bonchev–Trinajstić information content (AvgIpc) is 3.08. The van der Waals surface area contributed by atoms with Crippen molar-refractivity contribution in [3.8, 4) is 0 Å². The van der Waals surface area contributed by atoms with E-state index in [-0.39, 0.29) is 29.9 Å². The van der Waals surface area contributed by atoms with Gasteiger partial charge in [0.1, 0.15) is 0 Å². The monoisotopic (exact) mass is 472 g/mol. The molecule has 0 unspecified atom stereocenters. The molecule has 0 aliphatic heterocycles. The van der Waals surface area contributed by atoms with E-state index in [2.05, 4.69) is 27.1 Å². The number of carbonyl (C=O) groups excluding carboxylic acids is 1. The molecule has 0 spiro atoms. The first-order valence-electron chi connectivity index (χ1n) is 8.12. The number of aliphatic imine (C=N–C) groups is 1. The third-order valence-electron chi connectivity index (χ3n) is 3.40. The number of hydrogen-bond donors (Lipinski definition) is 3. The number of nitrogens with one attached hydrogen (secondary N) is 2. The minimum atomic E-state index is 0. The molecule has 0 fully saturated rings. The van der Waals surface area contributed by atoms with Gasteiger partial charge < -0.3 is 16.4 Å². The molecule has 1 amide bonds. The van der Waals surface area contributed by atoms with Gasteiger partial charge in [0.25, 0.3) is 0 Å². The van der Waals surface area contributed by atoms with Crippen LogP contribution in [0.3, 0.4) is 0 Å². The Morgan fingerprint density at radius 2 is 2.00 bits per heavy atom. The van der Waals surface area contributed by atoms with E-state index < -0.39 is 0 Å². The molecule has 136 valence electrons. The molecule has 0 bridgehead atoms. The summed E-state index contributed by atoms with van der Waals surface area (Å²) in [5.74, 6) is 0.495. The van der Waals surface area contributed by atoms with Gasteiger partial charge in [-0.2, -0.15) is 0 Å². The Labute approximate surface area is 170 Å². The number of halogens is 1. The van der Waals surface area contributed by atoms with Gasteiger partial charge in [-0.15, -0.1) is 35.3 Å². The van der Waals surface area contributed by atoms with Gasteiger partial charge in [-0.1, -0.05) is 25.1 Å². The van der Waals surface area contributed by atoms with Crippen LogP contribution in [0.25, 0.3) is 0 Å². The molecule has 0 atom stereocenters. The Balaban J connectivity index is 0.00000312. The minimum Gasteiger partial charge on any atom is -0.370 e. The summed E-state index contributed by atoms with van der Waals surface area (Å²) in [6.07, 6.45) is 2.33. The van der Waals surface area contributed by atoms with Crippen molar-refractivity contribution in [1.82, 2.24) is 5.32 Å². The van der Waals surface area contributed by atoms with Gasteiger partial charge in [0.2, 0.25) is 5.91 Å². The van der Waals surface area contributed by atoms with Crippen LogP contribution in [0.1, 0.15) is 30.2 Å². The first kappa shape index (κ1) is 21.4. The number of nitrogens with zero attached hydrogens (tertiary/aromatic N) is 1. The van der Waals surface area contributed by atoms with Gasteiger partial charge in [-0.05, 0) is 42.0 Å². The second-order valence-corrected chi connectivity index (χ2v) is 6.48. The Bertz CT molecular complexity index is 656. The molecule has 5 nitrogen and oxygen atoms in total. The van der Waals surface area contributed by atoms with E-state index in [1.807, 2.05) is 37.3 Å². The van der Waals surface area contributed by atoms with Crippen LogP contribution >= 0.6 is 35.3 Å². The summed E-state index contributed by atoms with van der Waals surface area (Å²) in [6.45, 7) is 3.28. The number of thiophene rings is 1. The van der Waals surface area contributed by atoms with Gasteiger partial charge in [0.05, 0.1) is 6.54 Å². The van der Waals surface area contributed by atoms with E-state index in [1.54, 1.807) is 11.3 Å².